The van der Waals surface area contributed by atoms with E-state index in [1.54, 1.807) is 22.7 Å². The van der Waals surface area contributed by atoms with Crippen molar-refractivity contribution in [2.45, 2.75) is 51.4 Å². The second kappa shape index (κ2) is 8.84. The van der Waals surface area contributed by atoms with Gasteiger partial charge in [0.25, 0.3) is 5.91 Å². The standard InChI is InChI=1S/C21H23N3O2S2/c25-19(11-6-12-20-22-15-8-4-5-10-17(15)28-20)23-24-21(26)18-13-14-7-2-1-3-9-16(14)27-18/h4-5,8,10,13H,1-3,6-7,9,11-12H2,(H,23,25)(H,24,26). The van der Waals surface area contributed by atoms with Crippen LogP contribution in [0.5, 0.6) is 0 Å². The smallest absolute Gasteiger partial charge is 0.273 e. The summed E-state index contributed by atoms with van der Waals surface area (Å²) >= 11 is 3.22. The Bertz CT molecular complexity index is 936. The lowest BCUT2D eigenvalue weighted by molar-refractivity contribution is -0.121. The predicted octanol–water partition coefficient (Wildman–Crippen LogP) is 4.41. The number of hydrogen-bond donors (Lipinski definition) is 2. The average Bonchev–Trinajstić information content (AvgIpc) is 3.23. The number of nitrogens with one attached hydrogen (secondary N) is 2. The third-order valence-electron chi connectivity index (χ3n) is 4.92. The molecule has 2 aromatic heterocycles. The van der Waals surface area contributed by atoms with E-state index in [9.17, 15) is 9.59 Å². The molecule has 1 aliphatic carbocycles. The van der Waals surface area contributed by atoms with E-state index in [1.165, 1.54) is 34.4 Å². The van der Waals surface area contributed by atoms with Gasteiger partial charge in [-0.3, -0.25) is 20.4 Å². The van der Waals surface area contributed by atoms with Gasteiger partial charge in [-0.1, -0.05) is 18.6 Å². The minimum Gasteiger partial charge on any atom is -0.273 e. The van der Waals surface area contributed by atoms with Gasteiger partial charge in [-0.2, -0.15) is 0 Å². The van der Waals surface area contributed by atoms with E-state index in [1.807, 2.05) is 24.3 Å². The number of benzene rings is 1. The molecule has 2 amide bonds. The van der Waals surface area contributed by atoms with Gasteiger partial charge in [0.2, 0.25) is 5.91 Å². The van der Waals surface area contributed by atoms with Crippen LogP contribution in [0.25, 0.3) is 10.2 Å². The van der Waals surface area contributed by atoms with Gasteiger partial charge in [0.15, 0.2) is 0 Å². The van der Waals surface area contributed by atoms with E-state index in [0.717, 1.165) is 29.8 Å². The first-order chi connectivity index (χ1) is 13.7. The van der Waals surface area contributed by atoms with Gasteiger partial charge in [-0.25, -0.2) is 4.98 Å². The maximum atomic E-state index is 12.3. The molecule has 0 fully saturated rings. The van der Waals surface area contributed by atoms with E-state index >= 15 is 0 Å². The zero-order valence-corrected chi connectivity index (χ0v) is 17.3. The number of fused-ring (bicyclic) bond motifs is 2. The lowest BCUT2D eigenvalue weighted by Gasteiger charge is -2.05. The molecule has 0 bridgehead atoms. The van der Waals surface area contributed by atoms with Crippen LogP contribution in [0.4, 0.5) is 0 Å². The summed E-state index contributed by atoms with van der Waals surface area (Å²) in [5.41, 5.74) is 7.40. The van der Waals surface area contributed by atoms with Crippen LogP contribution in [-0.4, -0.2) is 16.8 Å². The quantitative estimate of drug-likeness (QED) is 0.481. The first-order valence-electron chi connectivity index (χ1n) is 9.74. The summed E-state index contributed by atoms with van der Waals surface area (Å²) in [6.07, 6.45) is 7.58. The van der Waals surface area contributed by atoms with Gasteiger partial charge in [0, 0.05) is 11.3 Å². The number of rotatable bonds is 5. The lowest BCUT2D eigenvalue weighted by atomic mass is 10.1. The summed E-state index contributed by atoms with van der Waals surface area (Å²) < 4.78 is 1.17. The van der Waals surface area contributed by atoms with Crippen LogP contribution in [0.15, 0.2) is 30.3 Å². The molecule has 4 rings (SSSR count). The van der Waals surface area contributed by atoms with Crippen molar-refractivity contribution >= 4 is 44.7 Å². The van der Waals surface area contributed by atoms with E-state index in [4.69, 9.17) is 0 Å². The summed E-state index contributed by atoms with van der Waals surface area (Å²) in [4.78, 5) is 31.0. The summed E-state index contributed by atoms with van der Waals surface area (Å²) in [5, 5.41) is 1.04. The lowest BCUT2D eigenvalue weighted by Crippen LogP contribution is -2.41. The Kier molecular flexibility index (Phi) is 6.02. The van der Waals surface area contributed by atoms with Crippen molar-refractivity contribution in [1.82, 2.24) is 15.8 Å². The Morgan fingerprint density at radius 2 is 1.89 bits per heavy atom. The fourth-order valence-electron chi connectivity index (χ4n) is 3.46. The van der Waals surface area contributed by atoms with Gasteiger partial charge in [-0.05, 0) is 62.3 Å². The van der Waals surface area contributed by atoms with Crippen molar-refractivity contribution in [3.05, 3.63) is 50.7 Å². The number of aryl methyl sites for hydroxylation is 3. The minimum absolute atomic E-state index is 0.174. The van der Waals surface area contributed by atoms with Crippen LogP contribution in [0.2, 0.25) is 0 Å². The largest absolute Gasteiger partial charge is 0.279 e. The molecule has 0 spiro atoms. The first-order valence-corrected chi connectivity index (χ1v) is 11.4. The number of carbonyl (C=O) groups is 2. The van der Waals surface area contributed by atoms with Gasteiger partial charge in [-0.15, -0.1) is 22.7 Å². The Morgan fingerprint density at radius 1 is 1.04 bits per heavy atom. The van der Waals surface area contributed by atoms with Crippen molar-refractivity contribution in [1.29, 1.82) is 0 Å². The van der Waals surface area contributed by atoms with Crippen LogP contribution in [0.3, 0.4) is 0 Å². The molecule has 7 heteroatoms. The highest BCUT2D eigenvalue weighted by molar-refractivity contribution is 7.18. The van der Waals surface area contributed by atoms with Crippen LogP contribution >= 0.6 is 22.7 Å². The molecular formula is C21H23N3O2S2. The zero-order valence-electron chi connectivity index (χ0n) is 15.6. The molecule has 2 N–H and O–H groups in total. The minimum atomic E-state index is -0.224. The highest BCUT2D eigenvalue weighted by Crippen LogP contribution is 2.28. The normalized spacial score (nSPS) is 13.7. The molecule has 146 valence electrons. The summed E-state index contributed by atoms with van der Waals surface area (Å²) in [7, 11) is 0. The maximum Gasteiger partial charge on any atom is 0.279 e. The molecule has 0 atom stereocenters. The van der Waals surface area contributed by atoms with Crippen molar-refractivity contribution in [3.8, 4) is 0 Å². The van der Waals surface area contributed by atoms with Crippen LogP contribution < -0.4 is 10.9 Å². The summed E-state index contributed by atoms with van der Waals surface area (Å²) in [5.74, 6) is -0.398. The summed E-state index contributed by atoms with van der Waals surface area (Å²) in [6, 6.07) is 10.0. The number of para-hydroxylation sites is 1. The van der Waals surface area contributed by atoms with Crippen LogP contribution in [-0.2, 0) is 24.1 Å². The molecule has 0 saturated carbocycles. The van der Waals surface area contributed by atoms with Crippen molar-refractivity contribution in [3.63, 3.8) is 0 Å². The molecule has 0 unspecified atom stereocenters. The molecule has 1 aromatic carbocycles. The zero-order chi connectivity index (χ0) is 19.3. The molecule has 3 aromatic rings. The number of nitrogens with zero attached hydrogens (tertiary/aromatic N) is 1. The van der Waals surface area contributed by atoms with E-state index in [0.29, 0.717) is 17.7 Å². The average molecular weight is 414 g/mol. The second-order valence-electron chi connectivity index (χ2n) is 7.05. The highest BCUT2D eigenvalue weighted by Gasteiger charge is 2.16. The Morgan fingerprint density at radius 3 is 2.79 bits per heavy atom. The number of carbonyl (C=O) groups excluding carboxylic acids is 2. The molecule has 0 radical (unpaired) electrons. The van der Waals surface area contributed by atoms with Gasteiger partial charge in [0.05, 0.1) is 20.1 Å². The number of hydrazine groups is 1. The Balaban J connectivity index is 1.22. The fourth-order valence-corrected chi connectivity index (χ4v) is 5.61. The van der Waals surface area contributed by atoms with E-state index in [-0.39, 0.29) is 11.8 Å². The van der Waals surface area contributed by atoms with Crippen LogP contribution in [0, 0.1) is 0 Å². The SMILES string of the molecule is O=C(CCCc1nc2ccccc2s1)NNC(=O)c1cc2c(s1)CCCCC2. The molecule has 5 nitrogen and oxygen atoms in total. The third-order valence-corrected chi connectivity index (χ3v) is 7.25. The molecule has 0 aliphatic heterocycles. The number of thiazole rings is 1. The number of aromatic nitrogens is 1. The van der Waals surface area contributed by atoms with Crippen molar-refractivity contribution in [2.75, 3.05) is 0 Å². The van der Waals surface area contributed by atoms with E-state index < -0.39 is 0 Å². The third kappa shape index (κ3) is 4.59. The van der Waals surface area contributed by atoms with E-state index in [2.05, 4.69) is 21.9 Å². The second-order valence-corrected chi connectivity index (χ2v) is 9.30. The number of hydrogen-bond acceptors (Lipinski definition) is 5. The monoisotopic (exact) mass is 413 g/mol. The topological polar surface area (TPSA) is 71.1 Å². The summed E-state index contributed by atoms with van der Waals surface area (Å²) in [6.45, 7) is 0. The molecule has 0 saturated heterocycles. The van der Waals surface area contributed by atoms with Gasteiger partial charge < -0.3 is 0 Å². The van der Waals surface area contributed by atoms with Crippen LogP contribution in [0.1, 0.15) is 57.2 Å². The molecule has 2 heterocycles. The molecule has 28 heavy (non-hydrogen) atoms. The first kappa shape index (κ1) is 19.1. The van der Waals surface area contributed by atoms with Gasteiger partial charge >= 0.3 is 0 Å². The van der Waals surface area contributed by atoms with Gasteiger partial charge in [0.1, 0.15) is 0 Å². The Labute approximate surface area is 172 Å². The Hall–Kier alpha value is -2.25. The highest BCUT2D eigenvalue weighted by atomic mass is 32.1. The number of amides is 2. The number of thiophene rings is 1. The predicted molar refractivity (Wildman–Crippen MR) is 114 cm³/mol. The maximum absolute atomic E-state index is 12.3. The van der Waals surface area contributed by atoms with Crippen molar-refractivity contribution < 1.29 is 9.59 Å². The fraction of sp³-hybridized carbons (Fsp3) is 0.381. The molecular weight excluding hydrogens is 390 g/mol. The van der Waals surface area contributed by atoms with Crippen molar-refractivity contribution in [2.24, 2.45) is 0 Å². The molecule has 1 aliphatic rings.